The number of benzene rings is 5. The summed E-state index contributed by atoms with van der Waals surface area (Å²) in [7, 11) is 0. The molecule has 6 rings (SSSR count). The van der Waals surface area contributed by atoms with Gasteiger partial charge < -0.3 is 0 Å². The number of rotatable bonds is 3. The Labute approximate surface area is 196 Å². The van der Waals surface area contributed by atoms with Gasteiger partial charge in [0.15, 0.2) is 0 Å². The second-order valence-corrected chi connectivity index (χ2v) is 9.38. The summed E-state index contributed by atoms with van der Waals surface area (Å²) in [5.41, 5.74) is 7.37. The number of halogens is 1. The fourth-order valence-corrected chi connectivity index (χ4v) is 5.77. The van der Waals surface area contributed by atoms with Crippen LogP contribution in [0.4, 0.5) is 0 Å². The van der Waals surface area contributed by atoms with Gasteiger partial charge in [0.1, 0.15) is 0 Å². The van der Waals surface area contributed by atoms with Crippen molar-refractivity contribution in [3.63, 3.8) is 0 Å². The maximum atomic E-state index is 6.48. The maximum Gasteiger partial charge on any atom is 0.0584 e. The van der Waals surface area contributed by atoms with E-state index in [1.54, 1.807) is 11.3 Å². The van der Waals surface area contributed by atoms with E-state index < -0.39 is 0 Å². The number of fused-ring (bicyclic) bond motifs is 3. The summed E-state index contributed by atoms with van der Waals surface area (Å²) in [5.74, 6) is 0. The molecule has 0 saturated heterocycles. The van der Waals surface area contributed by atoms with E-state index in [4.69, 9.17) is 11.6 Å². The van der Waals surface area contributed by atoms with Crippen LogP contribution >= 0.6 is 22.9 Å². The summed E-state index contributed by atoms with van der Waals surface area (Å²) >= 11 is 8.24. The Kier molecular flexibility index (Phi) is 4.79. The highest BCUT2D eigenvalue weighted by Gasteiger charge is 2.13. The van der Waals surface area contributed by atoms with E-state index >= 15 is 0 Å². The average molecular weight is 447 g/mol. The van der Waals surface area contributed by atoms with Gasteiger partial charge in [0.05, 0.1) is 9.72 Å². The average Bonchev–Trinajstić information content (AvgIpc) is 3.24. The standard InChI is InChI=1S/C30H19ClS/c31-28-13-7-12-25-27-19-23(15-17-29(27)32-30(25)28)24-16-14-22(20-8-3-1-4-9-20)18-26(24)21-10-5-2-6-11-21/h1-19H. The van der Waals surface area contributed by atoms with Crippen LogP contribution in [0.3, 0.4) is 0 Å². The van der Waals surface area contributed by atoms with Gasteiger partial charge in [-0.1, -0.05) is 103 Å². The molecule has 6 aromatic rings. The van der Waals surface area contributed by atoms with Crippen molar-refractivity contribution in [3.8, 4) is 33.4 Å². The first-order chi connectivity index (χ1) is 15.8. The molecule has 0 bridgehead atoms. The third kappa shape index (κ3) is 3.31. The van der Waals surface area contributed by atoms with Crippen LogP contribution in [0, 0.1) is 0 Å². The molecule has 0 unspecified atom stereocenters. The molecule has 32 heavy (non-hydrogen) atoms. The molecule has 2 heteroatoms. The van der Waals surface area contributed by atoms with Gasteiger partial charge in [-0.15, -0.1) is 11.3 Å². The summed E-state index contributed by atoms with van der Waals surface area (Å²) in [6.45, 7) is 0. The Bertz CT molecular complexity index is 1560. The minimum absolute atomic E-state index is 0.822. The smallest absolute Gasteiger partial charge is 0.0584 e. The van der Waals surface area contributed by atoms with Crippen LogP contribution in [0.25, 0.3) is 53.6 Å². The third-order valence-electron chi connectivity index (χ3n) is 5.97. The fourth-order valence-electron chi connectivity index (χ4n) is 4.39. The molecule has 152 valence electrons. The Morgan fingerprint density at radius 1 is 0.469 bits per heavy atom. The van der Waals surface area contributed by atoms with Crippen molar-refractivity contribution in [2.75, 3.05) is 0 Å². The van der Waals surface area contributed by atoms with Crippen molar-refractivity contribution in [3.05, 3.63) is 120 Å². The molecule has 0 N–H and O–H groups in total. The minimum atomic E-state index is 0.822. The minimum Gasteiger partial charge on any atom is -0.134 e. The Morgan fingerprint density at radius 3 is 1.97 bits per heavy atom. The SMILES string of the molecule is Clc1cccc2c1sc1ccc(-c3ccc(-c4ccccc4)cc3-c3ccccc3)cc12. The van der Waals surface area contributed by atoms with Crippen LogP contribution in [-0.4, -0.2) is 0 Å². The van der Waals surface area contributed by atoms with Gasteiger partial charge in [-0.05, 0) is 57.6 Å². The number of thiophene rings is 1. The van der Waals surface area contributed by atoms with Crippen LogP contribution in [-0.2, 0) is 0 Å². The maximum absolute atomic E-state index is 6.48. The highest BCUT2D eigenvalue weighted by Crippen LogP contribution is 2.41. The molecular formula is C30H19ClS. The van der Waals surface area contributed by atoms with Crippen LogP contribution in [0.1, 0.15) is 0 Å². The molecule has 1 heterocycles. The molecule has 0 aliphatic carbocycles. The first-order valence-electron chi connectivity index (χ1n) is 10.6. The number of hydrogen-bond acceptors (Lipinski definition) is 1. The molecule has 0 aliphatic rings. The lowest BCUT2D eigenvalue weighted by atomic mass is 9.90. The van der Waals surface area contributed by atoms with Crippen LogP contribution in [0.15, 0.2) is 115 Å². The van der Waals surface area contributed by atoms with Crippen molar-refractivity contribution in [1.29, 1.82) is 0 Å². The zero-order valence-electron chi connectivity index (χ0n) is 17.3. The predicted molar refractivity (Wildman–Crippen MR) is 141 cm³/mol. The molecule has 0 amide bonds. The van der Waals surface area contributed by atoms with Gasteiger partial charge in [0.25, 0.3) is 0 Å². The van der Waals surface area contributed by atoms with Crippen molar-refractivity contribution < 1.29 is 0 Å². The molecule has 0 fully saturated rings. The number of hydrogen-bond donors (Lipinski definition) is 0. The van der Waals surface area contributed by atoms with Crippen LogP contribution < -0.4 is 0 Å². The monoisotopic (exact) mass is 446 g/mol. The van der Waals surface area contributed by atoms with Crippen LogP contribution in [0.2, 0.25) is 5.02 Å². The molecular weight excluding hydrogens is 428 g/mol. The summed E-state index contributed by atoms with van der Waals surface area (Å²) in [6, 6.07) is 41.0. The summed E-state index contributed by atoms with van der Waals surface area (Å²) in [6.07, 6.45) is 0. The normalized spacial score (nSPS) is 11.3. The van der Waals surface area contributed by atoms with E-state index in [1.807, 2.05) is 12.1 Å². The topological polar surface area (TPSA) is 0 Å². The van der Waals surface area contributed by atoms with Gasteiger partial charge in [0, 0.05) is 15.5 Å². The van der Waals surface area contributed by atoms with Crippen molar-refractivity contribution in [2.24, 2.45) is 0 Å². The van der Waals surface area contributed by atoms with E-state index in [1.165, 1.54) is 48.9 Å². The van der Waals surface area contributed by atoms with Crippen molar-refractivity contribution in [2.45, 2.75) is 0 Å². The lowest BCUT2D eigenvalue weighted by Gasteiger charge is -2.13. The van der Waals surface area contributed by atoms with Gasteiger partial charge >= 0.3 is 0 Å². The molecule has 0 radical (unpaired) electrons. The molecule has 0 saturated carbocycles. The van der Waals surface area contributed by atoms with Crippen molar-refractivity contribution >= 4 is 43.1 Å². The fraction of sp³-hybridized carbons (Fsp3) is 0. The van der Waals surface area contributed by atoms with Crippen molar-refractivity contribution in [1.82, 2.24) is 0 Å². The molecule has 0 nitrogen and oxygen atoms in total. The first kappa shape index (κ1) is 19.3. The highest BCUT2D eigenvalue weighted by molar-refractivity contribution is 7.26. The Morgan fingerprint density at radius 2 is 1.19 bits per heavy atom. The van der Waals surface area contributed by atoms with E-state index in [0.29, 0.717) is 0 Å². The van der Waals surface area contributed by atoms with Gasteiger partial charge in [0.2, 0.25) is 0 Å². The lowest BCUT2D eigenvalue weighted by Crippen LogP contribution is -1.87. The zero-order valence-corrected chi connectivity index (χ0v) is 18.8. The van der Waals surface area contributed by atoms with E-state index in [-0.39, 0.29) is 0 Å². The lowest BCUT2D eigenvalue weighted by molar-refractivity contribution is 1.57. The van der Waals surface area contributed by atoms with E-state index in [9.17, 15) is 0 Å². The summed E-state index contributed by atoms with van der Waals surface area (Å²) in [4.78, 5) is 0. The Balaban J connectivity index is 1.58. The molecule has 0 atom stereocenters. The molecule has 0 aliphatic heterocycles. The second kappa shape index (κ2) is 7.94. The molecule has 5 aromatic carbocycles. The summed E-state index contributed by atoms with van der Waals surface area (Å²) < 4.78 is 2.42. The van der Waals surface area contributed by atoms with Gasteiger partial charge in [-0.2, -0.15) is 0 Å². The summed E-state index contributed by atoms with van der Waals surface area (Å²) in [5, 5.41) is 3.31. The third-order valence-corrected chi connectivity index (χ3v) is 7.62. The molecule has 0 spiro atoms. The predicted octanol–water partition coefficient (Wildman–Crippen LogP) is 9.71. The highest BCUT2D eigenvalue weighted by atomic mass is 35.5. The zero-order chi connectivity index (χ0) is 21.5. The first-order valence-corrected chi connectivity index (χ1v) is 11.8. The van der Waals surface area contributed by atoms with Gasteiger partial charge in [-0.3, -0.25) is 0 Å². The largest absolute Gasteiger partial charge is 0.134 e. The van der Waals surface area contributed by atoms with E-state index in [2.05, 4.69) is 103 Å². The Hall–Kier alpha value is -3.39. The quantitative estimate of drug-likeness (QED) is 0.253. The second-order valence-electron chi connectivity index (χ2n) is 7.92. The molecule has 1 aromatic heterocycles. The van der Waals surface area contributed by atoms with E-state index in [0.717, 1.165) is 9.72 Å². The van der Waals surface area contributed by atoms with Crippen LogP contribution in [0.5, 0.6) is 0 Å². The van der Waals surface area contributed by atoms with Gasteiger partial charge in [-0.25, -0.2) is 0 Å².